The maximum Gasteiger partial charge on any atom is 0.248 e. The van der Waals surface area contributed by atoms with Crippen molar-refractivity contribution in [3.8, 4) is 0 Å². The summed E-state index contributed by atoms with van der Waals surface area (Å²) in [6.45, 7) is 10.2. The van der Waals surface area contributed by atoms with Crippen LogP contribution in [0.5, 0.6) is 0 Å². The van der Waals surface area contributed by atoms with Gasteiger partial charge < -0.3 is 20.2 Å². The number of aliphatic hydroxyl groups is 1. The van der Waals surface area contributed by atoms with Gasteiger partial charge in [0.15, 0.2) is 0 Å². The number of hydrogen-bond donors (Lipinski definition) is 2. The molecule has 0 spiro atoms. The van der Waals surface area contributed by atoms with Crippen molar-refractivity contribution in [3.05, 3.63) is 47.3 Å². The second-order valence-corrected chi connectivity index (χ2v) is 13.3. The number of rotatable bonds is 6. The average molecular weight is 550 g/mol. The van der Waals surface area contributed by atoms with E-state index in [9.17, 15) is 14.7 Å². The molecule has 2 amide bonds. The second kappa shape index (κ2) is 10.5. The second-order valence-electron chi connectivity index (χ2n) is 13.3. The Morgan fingerprint density at radius 3 is 2.42 bits per heavy atom. The van der Waals surface area contributed by atoms with E-state index in [1.807, 2.05) is 33.0 Å². The van der Waals surface area contributed by atoms with Crippen LogP contribution >= 0.6 is 0 Å². The molecule has 4 aliphatic rings. The lowest BCUT2D eigenvalue weighted by atomic mass is 9.85. The summed E-state index contributed by atoms with van der Waals surface area (Å²) in [5.41, 5.74) is 2.90. The quantitative estimate of drug-likeness (QED) is 0.569. The minimum atomic E-state index is -0.743. The fraction of sp³-hybridized carbons (Fsp3) is 0.667. The van der Waals surface area contributed by atoms with Gasteiger partial charge in [0.1, 0.15) is 12.1 Å². The third-order valence-corrected chi connectivity index (χ3v) is 9.19. The monoisotopic (exact) mass is 549 g/mol. The van der Waals surface area contributed by atoms with Gasteiger partial charge in [-0.05, 0) is 42.9 Å². The topological polar surface area (TPSA) is 107 Å². The molecule has 10 heteroatoms. The molecule has 2 aromatic rings. The van der Waals surface area contributed by atoms with Crippen LogP contribution < -0.4 is 5.32 Å². The van der Waals surface area contributed by atoms with E-state index >= 15 is 0 Å². The van der Waals surface area contributed by atoms with E-state index in [1.54, 1.807) is 9.58 Å². The Hall–Kier alpha value is -2.82. The van der Waals surface area contributed by atoms with Crippen LogP contribution in [0.15, 0.2) is 30.5 Å². The summed E-state index contributed by atoms with van der Waals surface area (Å²) in [4.78, 5) is 34.4. The Kier molecular flexibility index (Phi) is 7.21. The summed E-state index contributed by atoms with van der Waals surface area (Å²) >= 11 is 0. The number of likely N-dealkylation sites (N-methyl/N-ethyl adjacent to an activating group) is 1. The smallest absolute Gasteiger partial charge is 0.248 e. The lowest BCUT2D eigenvalue weighted by Crippen LogP contribution is -2.50. The molecule has 1 aromatic heterocycles. The third-order valence-electron chi connectivity index (χ3n) is 9.19. The number of hydrogen-bond acceptors (Lipinski definition) is 7. The molecule has 0 bridgehead atoms. The van der Waals surface area contributed by atoms with Crippen molar-refractivity contribution >= 4 is 11.8 Å². The molecular weight excluding hydrogens is 506 g/mol. The highest BCUT2D eigenvalue weighted by molar-refractivity contribution is 5.90. The van der Waals surface area contributed by atoms with Crippen molar-refractivity contribution in [2.75, 3.05) is 39.8 Å². The molecule has 0 unspecified atom stereocenters. The summed E-state index contributed by atoms with van der Waals surface area (Å²) in [7, 11) is 2.16. The third kappa shape index (κ3) is 5.29. The molecule has 3 heterocycles. The highest BCUT2D eigenvalue weighted by Gasteiger charge is 2.46. The van der Waals surface area contributed by atoms with Gasteiger partial charge in [0.2, 0.25) is 11.8 Å². The fourth-order valence-corrected chi connectivity index (χ4v) is 6.82. The Morgan fingerprint density at radius 1 is 1.05 bits per heavy atom. The standard InChI is InChI=1S/C30H43N7O3/c1-30(2,3)27(37-18-24(32-33-37)19-9-10-19)29(40)36-17-20(38)15-26(36)28(39)31-23-16-25(22-8-6-5-7-21(22)23)35-13-11-34(4)12-14-35/h5-8,18-20,23,25-27,38H,9-17H2,1-4H3,(H,31,39)/t20-,23-,25-,26+,27-/m1/s1. The average Bonchev–Trinajstić information content (AvgIpc) is 3.35. The van der Waals surface area contributed by atoms with Crippen molar-refractivity contribution in [2.45, 2.75) is 82.6 Å². The van der Waals surface area contributed by atoms with Gasteiger partial charge in [0.25, 0.3) is 0 Å². The molecule has 2 N–H and O–H groups in total. The number of aliphatic hydroxyl groups excluding tert-OH is 1. The van der Waals surface area contributed by atoms with Gasteiger partial charge in [-0.25, -0.2) is 4.68 Å². The van der Waals surface area contributed by atoms with Gasteiger partial charge in [-0.15, -0.1) is 5.10 Å². The van der Waals surface area contributed by atoms with Crippen molar-refractivity contribution in [2.24, 2.45) is 5.41 Å². The number of benzene rings is 1. The van der Waals surface area contributed by atoms with Gasteiger partial charge in [0, 0.05) is 57.3 Å². The lowest BCUT2D eigenvalue weighted by molar-refractivity contribution is -0.144. The van der Waals surface area contributed by atoms with Crippen molar-refractivity contribution in [1.82, 2.24) is 35.0 Å². The Bertz CT molecular complexity index is 1240. The number of amides is 2. The molecule has 5 atom stereocenters. The molecule has 216 valence electrons. The zero-order valence-electron chi connectivity index (χ0n) is 24.2. The van der Waals surface area contributed by atoms with E-state index in [-0.39, 0.29) is 36.9 Å². The summed E-state index contributed by atoms with van der Waals surface area (Å²) in [6, 6.07) is 7.18. The van der Waals surface area contributed by atoms with E-state index < -0.39 is 23.6 Å². The summed E-state index contributed by atoms with van der Waals surface area (Å²) < 4.78 is 1.67. The van der Waals surface area contributed by atoms with Crippen LogP contribution in [-0.2, 0) is 9.59 Å². The van der Waals surface area contributed by atoms with Gasteiger partial charge in [-0.3, -0.25) is 14.5 Å². The summed E-state index contributed by atoms with van der Waals surface area (Å²) in [5, 5.41) is 22.6. The van der Waals surface area contributed by atoms with Gasteiger partial charge in [0.05, 0.1) is 17.8 Å². The van der Waals surface area contributed by atoms with Crippen LogP contribution in [-0.4, -0.2) is 98.5 Å². The number of fused-ring (bicyclic) bond motifs is 1. The molecule has 1 saturated carbocycles. The number of likely N-dealkylation sites (tertiary alicyclic amines) is 1. The molecule has 1 aromatic carbocycles. The first-order valence-corrected chi connectivity index (χ1v) is 14.8. The zero-order chi connectivity index (χ0) is 28.2. The van der Waals surface area contributed by atoms with Crippen LogP contribution in [0, 0.1) is 5.41 Å². The van der Waals surface area contributed by atoms with Crippen LogP contribution in [0.1, 0.15) is 87.3 Å². The largest absolute Gasteiger partial charge is 0.391 e. The molecule has 40 heavy (non-hydrogen) atoms. The van der Waals surface area contributed by atoms with E-state index in [4.69, 9.17) is 0 Å². The van der Waals surface area contributed by atoms with Crippen LogP contribution in [0.3, 0.4) is 0 Å². The molecule has 2 aliphatic carbocycles. The first kappa shape index (κ1) is 27.4. The Morgan fingerprint density at radius 2 is 1.75 bits per heavy atom. The highest BCUT2D eigenvalue weighted by atomic mass is 16.3. The molecule has 0 radical (unpaired) electrons. The van der Waals surface area contributed by atoms with E-state index in [0.717, 1.165) is 56.7 Å². The predicted octanol–water partition coefficient (Wildman–Crippen LogP) is 2.25. The molecule has 2 saturated heterocycles. The number of carbonyl (C=O) groups excluding carboxylic acids is 2. The van der Waals surface area contributed by atoms with Gasteiger partial charge in [-0.2, -0.15) is 0 Å². The van der Waals surface area contributed by atoms with E-state index in [1.165, 1.54) is 5.56 Å². The van der Waals surface area contributed by atoms with Gasteiger partial charge in [-0.1, -0.05) is 50.3 Å². The Labute approximate surface area is 236 Å². The van der Waals surface area contributed by atoms with E-state index in [0.29, 0.717) is 5.92 Å². The number of carbonyl (C=O) groups is 2. The fourth-order valence-electron chi connectivity index (χ4n) is 6.82. The first-order chi connectivity index (χ1) is 19.1. The summed E-state index contributed by atoms with van der Waals surface area (Å²) in [5.74, 6) is 0.0350. The SMILES string of the molecule is CN1CCN([C@@H]2C[C@@H](NC(=O)[C@@H]3C[C@@H](O)CN3C(=O)[C@@H](n3cc(C4CC4)nn3)C(C)(C)C)c3ccccc32)CC1. The van der Waals surface area contributed by atoms with Crippen LogP contribution in [0.4, 0.5) is 0 Å². The number of aromatic nitrogens is 3. The van der Waals surface area contributed by atoms with Crippen LogP contribution in [0.2, 0.25) is 0 Å². The number of nitrogens with zero attached hydrogens (tertiary/aromatic N) is 6. The number of β-amino-alcohol motifs (C(OH)–C–C–N with tert-alkyl or cyclic N) is 1. The number of nitrogens with one attached hydrogen (secondary N) is 1. The maximum absolute atomic E-state index is 14.1. The highest BCUT2D eigenvalue weighted by Crippen LogP contribution is 2.43. The minimum absolute atomic E-state index is 0.127. The summed E-state index contributed by atoms with van der Waals surface area (Å²) in [6.07, 6.45) is 4.40. The molecule has 10 nitrogen and oxygen atoms in total. The molecule has 6 rings (SSSR count). The van der Waals surface area contributed by atoms with Crippen molar-refractivity contribution in [1.29, 1.82) is 0 Å². The number of piperazine rings is 1. The van der Waals surface area contributed by atoms with E-state index in [2.05, 4.69) is 50.7 Å². The first-order valence-electron chi connectivity index (χ1n) is 14.8. The molecule has 2 aliphatic heterocycles. The van der Waals surface area contributed by atoms with Crippen molar-refractivity contribution < 1.29 is 14.7 Å². The van der Waals surface area contributed by atoms with Crippen molar-refractivity contribution in [3.63, 3.8) is 0 Å². The minimum Gasteiger partial charge on any atom is -0.391 e. The predicted molar refractivity (Wildman–Crippen MR) is 150 cm³/mol. The lowest BCUT2D eigenvalue weighted by Gasteiger charge is -2.37. The zero-order valence-corrected chi connectivity index (χ0v) is 24.2. The Balaban J connectivity index is 1.20. The van der Waals surface area contributed by atoms with Crippen LogP contribution in [0.25, 0.3) is 0 Å². The normalized spacial score (nSPS) is 28.5. The maximum atomic E-state index is 14.1. The molecular formula is C30H43N7O3. The molecule has 3 fully saturated rings. The van der Waals surface area contributed by atoms with Gasteiger partial charge >= 0.3 is 0 Å².